The van der Waals surface area contributed by atoms with Crippen molar-refractivity contribution >= 4 is 21.8 Å². The molecule has 1 aromatic rings. The smallest absolute Gasteiger partial charge is 0.263 e. The number of nitrogens with zero attached hydrogens (tertiary/aromatic N) is 2. The summed E-state index contributed by atoms with van der Waals surface area (Å²) in [5, 5.41) is 3.61. The van der Waals surface area contributed by atoms with Crippen molar-refractivity contribution in [3.05, 3.63) is 29.8 Å². The molecule has 2 heterocycles. The van der Waals surface area contributed by atoms with Crippen molar-refractivity contribution in [2.75, 3.05) is 19.6 Å². The van der Waals surface area contributed by atoms with Gasteiger partial charge >= 0.3 is 0 Å². The maximum atomic E-state index is 12.8. The molecule has 2 N–H and O–H groups in total. The van der Waals surface area contributed by atoms with Crippen molar-refractivity contribution in [1.29, 1.82) is 0 Å². The first-order valence-electron chi connectivity index (χ1n) is 9.66. The Kier molecular flexibility index (Phi) is 4.94. The molecule has 8 heteroatoms. The second kappa shape index (κ2) is 7.24. The van der Waals surface area contributed by atoms with Crippen LogP contribution in [0.4, 0.5) is 0 Å². The summed E-state index contributed by atoms with van der Waals surface area (Å²) in [6.45, 7) is 4.27. The monoisotopic (exact) mass is 390 g/mol. The maximum Gasteiger partial charge on any atom is 0.263 e. The number of amides is 1. The van der Waals surface area contributed by atoms with Crippen LogP contribution in [0.1, 0.15) is 38.2 Å². The summed E-state index contributed by atoms with van der Waals surface area (Å²) < 4.78 is 26.8. The topological polar surface area (TPSA) is 90.9 Å². The predicted octanol–water partition coefficient (Wildman–Crippen LogP) is 1.10. The van der Waals surface area contributed by atoms with Crippen LogP contribution in [-0.2, 0) is 14.8 Å². The van der Waals surface area contributed by atoms with Crippen LogP contribution in [0.2, 0.25) is 0 Å². The van der Waals surface area contributed by atoms with E-state index in [0.717, 1.165) is 38.4 Å². The summed E-state index contributed by atoms with van der Waals surface area (Å²) in [5.41, 5.74) is 0.528. The predicted molar refractivity (Wildman–Crippen MR) is 103 cm³/mol. The minimum absolute atomic E-state index is 0.0493. The van der Waals surface area contributed by atoms with Crippen molar-refractivity contribution in [2.24, 2.45) is 10.9 Å². The molecule has 4 rings (SSSR count). The number of sulfonamides is 1. The number of carbonyl (C=O) groups is 1. The fraction of sp³-hybridized carbons (Fsp3) is 0.579. The maximum absolute atomic E-state index is 12.8. The van der Waals surface area contributed by atoms with Crippen LogP contribution in [0.5, 0.6) is 0 Å². The average molecular weight is 391 g/mol. The Morgan fingerprint density at radius 3 is 2.67 bits per heavy atom. The van der Waals surface area contributed by atoms with E-state index in [4.69, 9.17) is 0 Å². The molecule has 1 aliphatic carbocycles. The number of carbonyl (C=O) groups excluding carboxylic acids is 1. The lowest BCUT2D eigenvalue weighted by molar-refractivity contribution is -0.133. The summed E-state index contributed by atoms with van der Waals surface area (Å²) in [4.78, 5) is 19.2. The van der Waals surface area contributed by atoms with Crippen molar-refractivity contribution in [1.82, 2.24) is 14.9 Å². The fourth-order valence-corrected chi connectivity index (χ4v) is 4.94. The highest BCUT2D eigenvalue weighted by Crippen LogP contribution is 2.28. The van der Waals surface area contributed by atoms with E-state index in [1.807, 2.05) is 4.90 Å². The number of benzene rings is 1. The molecule has 3 aliphatic rings. The molecule has 1 saturated carbocycles. The van der Waals surface area contributed by atoms with Gasteiger partial charge < -0.3 is 10.2 Å². The first-order chi connectivity index (χ1) is 12.9. The highest BCUT2D eigenvalue weighted by atomic mass is 32.2. The molecule has 1 atom stereocenters. The van der Waals surface area contributed by atoms with E-state index < -0.39 is 16.1 Å². The lowest BCUT2D eigenvalue weighted by Crippen LogP contribution is -2.47. The number of hydrogen-bond donors (Lipinski definition) is 2. The van der Waals surface area contributed by atoms with Crippen LogP contribution in [-0.4, -0.2) is 56.8 Å². The number of piperidine rings is 1. The summed E-state index contributed by atoms with van der Waals surface area (Å²) >= 11 is 0. The van der Waals surface area contributed by atoms with Crippen LogP contribution in [0, 0.1) is 5.92 Å². The van der Waals surface area contributed by atoms with E-state index >= 15 is 0 Å². The number of nitrogens with one attached hydrogen (secondary N) is 2. The fourth-order valence-electron chi connectivity index (χ4n) is 3.70. The zero-order chi connectivity index (χ0) is 19.0. The molecule has 1 aromatic carbocycles. The van der Waals surface area contributed by atoms with Gasteiger partial charge in [-0.2, -0.15) is 0 Å². The van der Waals surface area contributed by atoms with E-state index in [1.165, 1.54) is 12.8 Å². The lowest BCUT2D eigenvalue weighted by atomic mass is 10.0. The first-order valence-corrected chi connectivity index (χ1v) is 11.1. The van der Waals surface area contributed by atoms with Crippen molar-refractivity contribution in [3.63, 3.8) is 0 Å². The SMILES string of the molecule is CC(N=C1NS(=O)(=O)c2ccccc21)C(=O)N1CCC(NCC2CC2)CC1. The van der Waals surface area contributed by atoms with E-state index in [-0.39, 0.29) is 16.6 Å². The van der Waals surface area contributed by atoms with Crippen molar-refractivity contribution in [2.45, 2.75) is 49.6 Å². The Balaban J connectivity index is 1.38. The zero-order valence-electron chi connectivity index (χ0n) is 15.5. The molecule has 2 aliphatic heterocycles. The number of amidine groups is 1. The van der Waals surface area contributed by atoms with Crippen molar-refractivity contribution < 1.29 is 13.2 Å². The highest BCUT2D eigenvalue weighted by Gasteiger charge is 2.32. The molecule has 1 amide bonds. The Hall–Kier alpha value is -1.93. The van der Waals surface area contributed by atoms with E-state index in [2.05, 4.69) is 15.0 Å². The number of aliphatic imine (C=N–C) groups is 1. The van der Waals surface area contributed by atoms with Crippen LogP contribution >= 0.6 is 0 Å². The molecular weight excluding hydrogens is 364 g/mol. The molecular formula is C19H26N4O3S. The van der Waals surface area contributed by atoms with Gasteiger partial charge in [-0.05, 0) is 57.2 Å². The Labute approximate surface area is 160 Å². The van der Waals surface area contributed by atoms with E-state index in [9.17, 15) is 13.2 Å². The normalized spacial score (nSPS) is 24.5. The van der Waals surface area contributed by atoms with Gasteiger partial charge in [-0.15, -0.1) is 0 Å². The van der Waals surface area contributed by atoms with Gasteiger partial charge in [0.1, 0.15) is 11.9 Å². The summed E-state index contributed by atoms with van der Waals surface area (Å²) in [5.74, 6) is 1.07. The van der Waals surface area contributed by atoms with E-state index in [1.54, 1.807) is 31.2 Å². The molecule has 2 fully saturated rings. The second-order valence-electron chi connectivity index (χ2n) is 7.71. The van der Waals surface area contributed by atoms with Crippen LogP contribution in [0.25, 0.3) is 0 Å². The zero-order valence-corrected chi connectivity index (χ0v) is 16.3. The average Bonchev–Trinajstić information content (AvgIpc) is 3.46. The van der Waals surface area contributed by atoms with Gasteiger partial charge in [-0.3, -0.25) is 14.5 Å². The van der Waals surface area contributed by atoms with Crippen LogP contribution in [0.3, 0.4) is 0 Å². The molecule has 7 nitrogen and oxygen atoms in total. The minimum atomic E-state index is -3.58. The third kappa shape index (κ3) is 4.01. The first kappa shape index (κ1) is 18.4. The van der Waals surface area contributed by atoms with Crippen LogP contribution in [0.15, 0.2) is 34.2 Å². The highest BCUT2D eigenvalue weighted by molar-refractivity contribution is 7.90. The largest absolute Gasteiger partial charge is 0.341 e. The molecule has 0 spiro atoms. The van der Waals surface area contributed by atoms with Gasteiger partial charge in [-0.1, -0.05) is 12.1 Å². The quantitative estimate of drug-likeness (QED) is 0.788. The molecule has 0 bridgehead atoms. The molecule has 0 radical (unpaired) electrons. The summed E-state index contributed by atoms with van der Waals surface area (Å²) in [6, 6.07) is 6.57. The molecule has 27 heavy (non-hydrogen) atoms. The van der Waals surface area contributed by atoms with Gasteiger partial charge in [0.2, 0.25) is 5.91 Å². The Morgan fingerprint density at radius 1 is 1.26 bits per heavy atom. The van der Waals surface area contributed by atoms with Gasteiger partial charge in [0.05, 0.1) is 4.90 Å². The summed E-state index contributed by atoms with van der Waals surface area (Å²) in [6.07, 6.45) is 4.60. The van der Waals surface area contributed by atoms with Gasteiger partial charge in [0.15, 0.2) is 0 Å². The third-order valence-corrected chi connectivity index (χ3v) is 6.94. The summed E-state index contributed by atoms with van der Waals surface area (Å²) in [7, 11) is -3.58. The van der Waals surface area contributed by atoms with Crippen LogP contribution < -0.4 is 10.0 Å². The molecule has 1 unspecified atom stereocenters. The molecule has 146 valence electrons. The second-order valence-corrected chi connectivity index (χ2v) is 9.36. The number of fused-ring (bicyclic) bond motifs is 1. The van der Waals surface area contributed by atoms with E-state index in [0.29, 0.717) is 11.6 Å². The molecule has 1 saturated heterocycles. The number of likely N-dealkylation sites (tertiary alicyclic amines) is 1. The van der Waals surface area contributed by atoms with Gasteiger partial charge in [-0.25, -0.2) is 8.42 Å². The van der Waals surface area contributed by atoms with Crippen molar-refractivity contribution in [3.8, 4) is 0 Å². The molecule has 0 aromatic heterocycles. The minimum Gasteiger partial charge on any atom is -0.341 e. The third-order valence-electron chi connectivity index (χ3n) is 5.54. The van der Waals surface area contributed by atoms with Gasteiger partial charge in [0, 0.05) is 24.7 Å². The Morgan fingerprint density at radius 2 is 1.96 bits per heavy atom. The number of hydrogen-bond acceptors (Lipinski definition) is 5. The number of rotatable bonds is 5. The van der Waals surface area contributed by atoms with Gasteiger partial charge in [0.25, 0.3) is 10.0 Å². The Bertz CT molecular complexity index is 855. The lowest BCUT2D eigenvalue weighted by Gasteiger charge is -2.33. The standard InChI is InChI=1S/C19H26N4O3S/c1-13(21-18-16-4-2-3-5-17(16)27(25,26)22-18)19(24)23-10-8-15(9-11-23)20-12-14-6-7-14/h2-5,13-15,20H,6-12H2,1H3,(H,21,22).